The summed E-state index contributed by atoms with van der Waals surface area (Å²) in [7, 11) is 0. The van der Waals surface area contributed by atoms with E-state index in [-0.39, 0.29) is 0 Å². The number of pyridine rings is 3. The summed E-state index contributed by atoms with van der Waals surface area (Å²) in [5.41, 5.74) is 6.64. The van der Waals surface area contributed by atoms with Crippen LogP contribution in [-0.4, -0.2) is 29.9 Å². The molecule has 6 rings (SSSR count). The third-order valence-corrected chi connectivity index (χ3v) is 4.89. The Kier molecular flexibility index (Phi) is 2.79. The molecule has 0 unspecified atom stereocenters. The third-order valence-electron chi connectivity index (χ3n) is 4.89. The molecule has 0 fully saturated rings. The summed E-state index contributed by atoms with van der Waals surface area (Å²) >= 11 is 0. The summed E-state index contributed by atoms with van der Waals surface area (Å²) in [6.07, 6.45) is 7.45. The zero-order valence-electron chi connectivity index (χ0n) is 14.2. The maximum Gasteiger partial charge on any atom is 0.137 e. The van der Waals surface area contributed by atoms with Crippen molar-refractivity contribution in [3.63, 3.8) is 0 Å². The van der Waals surface area contributed by atoms with Crippen molar-refractivity contribution < 1.29 is 0 Å². The largest absolute Gasteiger partial charge is 0.361 e. The van der Waals surface area contributed by atoms with Crippen molar-refractivity contribution in [1.82, 2.24) is 29.9 Å². The van der Waals surface area contributed by atoms with Crippen molar-refractivity contribution in [3.8, 4) is 22.8 Å². The van der Waals surface area contributed by atoms with Crippen LogP contribution in [0.15, 0.2) is 67.3 Å². The van der Waals surface area contributed by atoms with Crippen LogP contribution in [0.3, 0.4) is 0 Å². The fourth-order valence-electron chi connectivity index (χ4n) is 3.50. The lowest BCUT2D eigenvalue weighted by molar-refractivity contribution is 1.27. The molecule has 0 radical (unpaired) electrons. The van der Waals surface area contributed by atoms with Gasteiger partial charge in [0.2, 0.25) is 0 Å². The van der Waals surface area contributed by atoms with E-state index in [9.17, 15) is 0 Å². The van der Waals surface area contributed by atoms with Crippen LogP contribution < -0.4 is 0 Å². The van der Waals surface area contributed by atoms with E-state index in [1.165, 1.54) is 0 Å². The smallest absolute Gasteiger partial charge is 0.137 e. The summed E-state index contributed by atoms with van der Waals surface area (Å²) in [6, 6.07) is 14.3. The molecule has 0 atom stereocenters. The van der Waals surface area contributed by atoms with Crippen LogP contribution >= 0.6 is 0 Å². The van der Waals surface area contributed by atoms with Gasteiger partial charge in [0.15, 0.2) is 0 Å². The van der Waals surface area contributed by atoms with Crippen molar-refractivity contribution in [1.29, 1.82) is 0 Å². The van der Waals surface area contributed by atoms with Gasteiger partial charge in [0.05, 0.1) is 34.5 Å². The van der Waals surface area contributed by atoms with Crippen molar-refractivity contribution in [2.75, 3.05) is 0 Å². The lowest BCUT2D eigenvalue weighted by Gasteiger charge is -1.97. The molecule has 0 aromatic carbocycles. The van der Waals surface area contributed by atoms with Crippen molar-refractivity contribution in [2.45, 2.75) is 0 Å². The number of rotatable bonds is 2. The van der Waals surface area contributed by atoms with Gasteiger partial charge in [-0.1, -0.05) is 0 Å². The fourth-order valence-corrected chi connectivity index (χ4v) is 3.50. The van der Waals surface area contributed by atoms with Crippen molar-refractivity contribution in [2.24, 2.45) is 0 Å². The van der Waals surface area contributed by atoms with E-state index in [4.69, 9.17) is 0 Å². The molecule has 0 saturated heterocycles. The first-order valence-corrected chi connectivity index (χ1v) is 8.70. The summed E-state index contributed by atoms with van der Waals surface area (Å²) in [5, 5.41) is 3.27. The van der Waals surface area contributed by atoms with E-state index in [0.717, 1.165) is 55.6 Å². The molecule has 0 spiro atoms. The number of nitrogens with zero attached hydrogens (tertiary/aromatic N) is 3. The molecule has 0 aliphatic carbocycles. The van der Waals surface area contributed by atoms with Gasteiger partial charge in [-0.05, 0) is 42.5 Å². The number of aromatic nitrogens is 6. The molecular formula is C21H14N6. The maximum atomic E-state index is 4.60. The van der Waals surface area contributed by atoms with E-state index in [1.54, 1.807) is 6.20 Å². The Hall–Kier alpha value is -3.93. The Balaban J connectivity index is 1.46. The highest BCUT2D eigenvalue weighted by Crippen LogP contribution is 2.28. The van der Waals surface area contributed by atoms with Crippen LogP contribution in [0.5, 0.6) is 0 Å². The Morgan fingerprint density at radius 2 is 1.52 bits per heavy atom. The molecule has 6 aromatic heterocycles. The van der Waals surface area contributed by atoms with E-state index >= 15 is 0 Å². The van der Waals surface area contributed by atoms with Crippen LogP contribution in [0.4, 0.5) is 0 Å². The predicted octanol–water partition coefficient (Wildman–Crippen LogP) is 4.65. The molecule has 0 aliphatic heterocycles. The van der Waals surface area contributed by atoms with Gasteiger partial charge in [-0.3, -0.25) is 9.97 Å². The molecule has 27 heavy (non-hydrogen) atoms. The summed E-state index contributed by atoms with van der Waals surface area (Å²) in [5.74, 6) is 0. The zero-order chi connectivity index (χ0) is 17.8. The molecule has 0 amide bonds. The minimum atomic E-state index is 0.868. The number of hydrogen-bond donors (Lipinski definition) is 3. The van der Waals surface area contributed by atoms with Crippen LogP contribution in [0, 0.1) is 0 Å². The van der Waals surface area contributed by atoms with Gasteiger partial charge in [-0.15, -0.1) is 0 Å². The first-order valence-electron chi connectivity index (χ1n) is 8.70. The van der Waals surface area contributed by atoms with E-state index in [0.29, 0.717) is 0 Å². The van der Waals surface area contributed by atoms with Gasteiger partial charge < -0.3 is 15.0 Å². The van der Waals surface area contributed by atoms with Gasteiger partial charge >= 0.3 is 0 Å². The van der Waals surface area contributed by atoms with Gasteiger partial charge in [0.1, 0.15) is 5.65 Å². The quantitative estimate of drug-likeness (QED) is 0.425. The highest BCUT2D eigenvalue weighted by molar-refractivity contribution is 5.90. The predicted molar refractivity (Wildman–Crippen MR) is 106 cm³/mol. The lowest BCUT2D eigenvalue weighted by atomic mass is 10.2. The van der Waals surface area contributed by atoms with Gasteiger partial charge in [0.25, 0.3) is 0 Å². The monoisotopic (exact) mass is 350 g/mol. The minimum Gasteiger partial charge on any atom is -0.361 e. The fraction of sp³-hybridized carbons (Fsp3) is 0. The molecule has 0 aliphatic rings. The molecule has 0 saturated carbocycles. The highest BCUT2D eigenvalue weighted by Gasteiger charge is 2.10. The van der Waals surface area contributed by atoms with E-state index in [1.807, 2.05) is 36.8 Å². The first-order chi connectivity index (χ1) is 13.3. The third kappa shape index (κ3) is 2.23. The SMILES string of the molecule is c1cnc2[nH]c(-c3cc4cc(-c5cc6[nH]ccc6cn5)[nH]c4cn3)cc2c1. The van der Waals surface area contributed by atoms with Crippen LogP contribution in [0.1, 0.15) is 0 Å². The first kappa shape index (κ1) is 14.3. The molecule has 6 nitrogen and oxygen atoms in total. The highest BCUT2D eigenvalue weighted by atomic mass is 14.9. The van der Waals surface area contributed by atoms with Crippen molar-refractivity contribution >= 4 is 32.8 Å². The van der Waals surface area contributed by atoms with Gasteiger partial charge in [0, 0.05) is 40.3 Å². The summed E-state index contributed by atoms with van der Waals surface area (Å²) in [4.78, 5) is 23.5. The number of aromatic amines is 3. The normalized spacial score (nSPS) is 11.7. The standard InChI is InChI=1S/C21H14N6/c1-2-12-6-19(27-21(12)23-4-1)16-7-14-8-18(26-20(14)11-25-16)17-9-15-13(10-24-17)3-5-22-15/h1-11,22,26H,(H,23,27). The average Bonchev–Trinajstić information content (AvgIpc) is 3.42. The van der Waals surface area contributed by atoms with Crippen LogP contribution in [0.2, 0.25) is 0 Å². The minimum absolute atomic E-state index is 0.868. The Labute approximate surface area is 153 Å². The molecule has 6 heterocycles. The number of H-pyrrole nitrogens is 3. The van der Waals surface area contributed by atoms with Gasteiger partial charge in [-0.2, -0.15) is 0 Å². The summed E-state index contributed by atoms with van der Waals surface area (Å²) < 4.78 is 0. The molecule has 3 N–H and O–H groups in total. The van der Waals surface area contributed by atoms with E-state index in [2.05, 4.69) is 54.2 Å². The molecule has 128 valence electrons. The maximum absolute atomic E-state index is 4.60. The zero-order valence-corrected chi connectivity index (χ0v) is 14.2. The number of hydrogen-bond acceptors (Lipinski definition) is 3. The number of fused-ring (bicyclic) bond motifs is 3. The second kappa shape index (κ2) is 5.28. The Bertz CT molecular complexity index is 1400. The lowest BCUT2D eigenvalue weighted by Crippen LogP contribution is -1.83. The van der Waals surface area contributed by atoms with Crippen LogP contribution in [-0.2, 0) is 0 Å². The average molecular weight is 350 g/mol. The molecule has 6 aromatic rings. The Morgan fingerprint density at radius 3 is 2.48 bits per heavy atom. The molecule has 6 heteroatoms. The van der Waals surface area contributed by atoms with Crippen molar-refractivity contribution in [3.05, 3.63) is 67.3 Å². The Morgan fingerprint density at radius 1 is 0.667 bits per heavy atom. The second-order valence-corrected chi connectivity index (χ2v) is 6.60. The second-order valence-electron chi connectivity index (χ2n) is 6.60. The topological polar surface area (TPSA) is 86.0 Å². The molecular weight excluding hydrogens is 336 g/mol. The van der Waals surface area contributed by atoms with Gasteiger partial charge in [-0.25, -0.2) is 4.98 Å². The summed E-state index contributed by atoms with van der Waals surface area (Å²) in [6.45, 7) is 0. The number of nitrogens with one attached hydrogen (secondary N) is 3. The molecule has 0 bridgehead atoms. The van der Waals surface area contributed by atoms with Crippen LogP contribution in [0.25, 0.3) is 55.6 Å². The van der Waals surface area contributed by atoms with E-state index < -0.39 is 0 Å².